The Labute approximate surface area is 83.2 Å². The van der Waals surface area contributed by atoms with E-state index < -0.39 is 0 Å². The highest BCUT2D eigenvalue weighted by Gasteiger charge is 1.95. The highest BCUT2D eigenvalue weighted by atomic mass is 32.2. The lowest BCUT2D eigenvalue weighted by Crippen LogP contribution is -2.13. The predicted molar refractivity (Wildman–Crippen MR) is 59.4 cm³/mol. The van der Waals surface area contributed by atoms with Gasteiger partial charge in [-0.05, 0) is 19.1 Å². The van der Waals surface area contributed by atoms with Crippen molar-refractivity contribution in [2.45, 2.75) is 11.8 Å². The molecule has 0 unspecified atom stereocenters. The van der Waals surface area contributed by atoms with Crippen LogP contribution in [-0.2, 0) is 0 Å². The van der Waals surface area contributed by atoms with E-state index in [0.717, 1.165) is 5.75 Å². The second-order valence-electron chi connectivity index (χ2n) is 2.82. The van der Waals surface area contributed by atoms with Crippen LogP contribution >= 0.6 is 11.8 Å². The Morgan fingerprint density at radius 1 is 1.38 bits per heavy atom. The molecule has 0 aliphatic rings. The first-order valence-electron chi connectivity index (χ1n) is 4.13. The summed E-state index contributed by atoms with van der Waals surface area (Å²) in [7, 11) is 1.71. The van der Waals surface area contributed by atoms with Crippen LogP contribution in [0, 0.1) is 6.92 Å². The summed E-state index contributed by atoms with van der Waals surface area (Å²) in [6, 6.07) is 8.40. The minimum atomic E-state index is 0.686. The SMILES string of the molecule is CN=C(N)CSc1ccc(C)cc1. The molecule has 0 saturated carbocycles. The predicted octanol–water partition coefficient (Wildman–Crippen LogP) is 2.07. The van der Waals surface area contributed by atoms with E-state index in [0.29, 0.717) is 5.84 Å². The Kier molecular flexibility index (Phi) is 3.83. The van der Waals surface area contributed by atoms with Crippen molar-refractivity contribution in [3.8, 4) is 0 Å². The van der Waals surface area contributed by atoms with Crippen molar-refractivity contribution in [1.29, 1.82) is 0 Å². The molecule has 0 saturated heterocycles. The normalized spacial score (nSPS) is 11.7. The molecule has 3 heteroatoms. The van der Waals surface area contributed by atoms with Gasteiger partial charge >= 0.3 is 0 Å². The van der Waals surface area contributed by atoms with Crippen LogP contribution < -0.4 is 5.73 Å². The van der Waals surface area contributed by atoms with Gasteiger partial charge < -0.3 is 5.73 Å². The van der Waals surface area contributed by atoms with Crippen LogP contribution in [0.1, 0.15) is 5.56 Å². The summed E-state index contributed by atoms with van der Waals surface area (Å²) in [5.41, 5.74) is 6.86. The van der Waals surface area contributed by atoms with Gasteiger partial charge in [-0.25, -0.2) is 0 Å². The molecule has 0 amide bonds. The van der Waals surface area contributed by atoms with Crippen molar-refractivity contribution < 1.29 is 0 Å². The zero-order valence-corrected chi connectivity index (χ0v) is 8.77. The van der Waals surface area contributed by atoms with Crippen LogP contribution in [0.25, 0.3) is 0 Å². The maximum Gasteiger partial charge on any atom is 0.104 e. The van der Waals surface area contributed by atoms with Gasteiger partial charge in [-0.1, -0.05) is 17.7 Å². The maximum atomic E-state index is 5.58. The summed E-state index contributed by atoms with van der Waals surface area (Å²) >= 11 is 1.71. The van der Waals surface area contributed by atoms with Gasteiger partial charge in [0, 0.05) is 11.9 Å². The van der Waals surface area contributed by atoms with Crippen molar-refractivity contribution in [3.63, 3.8) is 0 Å². The number of nitrogens with two attached hydrogens (primary N) is 1. The van der Waals surface area contributed by atoms with Gasteiger partial charge in [0.1, 0.15) is 5.84 Å². The van der Waals surface area contributed by atoms with E-state index >= 15 is 0 Å². The molecule has 0 heterocycles. The van der Waals surface area contributed by atoms with Gasteiger partial charge in [-0.15, -0.1) is 11.8 Å². The summed E-state index contributed by atoms with van der Waals surface area (Å²) in [4.78, 5) is 5.13. The maximum absolute atomic E-state index is 5.58. The minimum Gasteiger partial charge on any atom is -0.387 e. The average molecular weight is 194 g/mol. The number of aliphatic imine (C=N–C) groups is 1. The number of amidine groups is 1. The molecule has 0 aromatic heterocycles. The molecule has 0 fully saturated rings. The van der Waals surface area contributed by atoms with E-state index in [1.807, 2.05) is 0 Å². The first kappa shape index (κ1) is 10.1. The number of hydrogen-bond acceptors (Lipinski definition) is 2. The first-order chi connectivity index (χ1) is 6.22. The largest absolute Gasteiger partial charge is 0.387 e. The van der Waals surface area contributed by atoms with E-state index in [2.05, 4.69) is 36.2 Å². The van der Waals surface area contributed by atoms with Gasteiger partial charge in [0.2, 0.25) is 0 Å². The Balaban J connectivity index is 2.51. The molecular weight excluding hydrogens is 180 g/mol. The minimum absolute atomic E-state index is 0.686. The van der Waals surface area contributed by atoms with Gasteiger partial charge in [0.05, 0.1) is 5.75 Å². The van der Waals surface area contributed by atoms with Crippen LogP contribution in [0.2, 0.25) is 0 Å². The number of aryl methyl sites for hydroxylation is 1. The van der Waals surface area contributed by atoms with Gasteiger partial charge in [0.25, 0.3) is 0 Å². The highest BCUT2D eigenvalue weighted by molar-refractivity contribution is 8.00. The summed E-state index contributed by atoms with van der Waals surface area (Å²) in [5, 5.41) is 0. The summed E-state index contributed by atoms with van der Waals surface area (Å²) in [5.74, 6) is 1.45. The number of benzene rings is 1. The third-order valence-corrected chi connectivity index (χ3v) is 2.74. The number of thioether (sulfide) groups is 1. The van der Waals surface area contributed by atoms with Gasteiger partial charge in [0.15, 0.2) is 0 Å². The lowest BCUT2D eigenvalue weighted by atomic mass is 10.2. The number of nitrogens with zero attached hydrogens (tertiary/aromatic N) is 1. The molecule has 0 aliphatic heterocycles. The highest BCUT2D eigenvalue weighted by Crippen LogP contribution is 2.17. The van der Waals surface area contributed by atoms with Crippen LogP contribution in [0.5, 0.6) is 0 Å². The Bertz CT molecular complexity index is 290. The van der Waals surface area contributed by atoms with Gasteiger partial charge in [-0.3, -0.25) is 4.99 Å². The summed E-state index contributed by atoms with van der Waals surface area (Å²) in [6.07, 6.45) is 0. The van der Waals surface area contributed by atoms with Crippen molar-refractivity contribution in [3.05, 3.63) is 29.8 Å². The molecule has 0 radical (unpaired) electrons. The Morgan fingerprint density at radius 3 is 2.54 bits per heavy atom. The van der Waals surface area contributed by atoms with E-state index in [4.69, 9.17) is 5.73 Å². The second-order valence-corrected chi connectivity index (χ2v) is 3.87. The third-order valence-electron chi connectivity index (χ3n) is 1.69. The third kappa shape index (κ3) is 3.51. The Morgan fingerprint density at radius 2 is 2.00 bits per heavy atom. The fraction of sp³-hybridized carbons (Fsp3) is 0.300. The van der Waals surface area contributed by atoms with Crippen molar-refractivity contribution >= 4 is 17.6 Å². The van der Waals surface area contributed by atoms with Gasteiger partial charge in [-0.2, -0.15) is 0 Å². The zero-order valence-electron chi connectivity index (χ0n) is 7.95. The molecule has 0 spiro atoms. The molecule has 0 aliphatic carbocycles. The molecule has 0 bridgehead atoms. The lowest BCUT2D eigenvalue weighted by molar-refractivity contribution is 1.36. The van der Waals surface area contributed by atoms with Crippen LogP contribution in [0.3, 0.4) is 0 Å². The number of rotatable bonds is 3. The molecule has 70 valence electrons. The molecule has 0 atom stereocenters. The zero-order chi connectivity index (χ0) is 9.68. The van der Waals surface area contributed by atoms with Crippen molar-refractivity contribution in [2.75, 3.05) is 12.8 Å². The summed E-state index contributed by atoms with van der Waals surface area (Å²) < 4.78 is 0. The Hall–Kier alpha value is -0.960. The van der Waals surface area contributed by atoms with Crippen molar-refractivity contribution in [2.24, 2.45) is 10.7 Å². The van der Waals surface area contributed by atoms with Crippen LogP contribution in [0.15, 0.2) is 34.2 Å². The molecule has 1 rings (SSSR count). The van der Waals surface area contributed by atoms with E-state index in [9.17, 15) is 0 Å². The second kappa shape index (κ2) is 4.92. The van der Waals surface area contributed by atoms with E-state index in [-0.39, 0.29) is 0 Å². The van der Waals surface area contributed by atoms with E-state index in [1.54, 1.807) is 18.8 Å². The molecule has 2 nitrogen and oxygen atoms in total. The molecule has 13 heavy (non-hydrogen) atoms. The topological polar surface area (TPSA) is 38.4 Å². The summed E-state index contributed by atoms with van der Waals surface area (Å²) in [6.45, 7) is 2.08. The monoisotopic (exact) mass is 194 g/mol. The molecule has 1 aromatic carbocycles. The fourth-order valence-electron chi connectivity index (χ4n) is 0.856. The van der Waals surface area contributed by atoms with Crippen LogP contribution in [-0.4, -0.2) is 18.6 Å². The molecular formula is C10H14N2S. The van der Waals surface area contributed by atoms with Crippen molar-refractivity contribution in [1.82, 2.24) is 0 Å². The number of hydrogen-bond donors (Lipinski definition) is 1. The molecule has 2 N–H and O–H groups in total. The quantitative estimate of drug-likeness (QED) is 0.454. The standard InChI is InChI=1S/C10H14N2S/c1-8-3-5-9(6-4-8)13-7-10(11)12-2/h3-6H,7H2,1-2H3,(H2,11,12). The fourth-order valence-corrected chi connectivity index (χ4v) is 1.63. The molecule has 1 aromatic rings. The van der Waals surface area contributed by atoms with Crippen LogP contribution in [0.4, 0.5) is 0 Å². The lowest BCUT2D eigenvalue weighted by Gasteiger charge is -2.00. The van der Waals surface area contributed by atoms with E-state index in [1.165, 1.54) is 10.5 Å². The first-order valence-corrected chi connectivity index (χ1v) is 5.11. The smallest absolute Gasteiger partial charge is 0.104 e. The average Bonchev–Trinajstić information content (AvgIpc) is 2.16.